The summed E-state index contributed by atoms with van der Waals surface area (Å²) in [6, 6.07) is 23.0. The summed E-state index contributed by atoms with van der Waals surface area (Å²) in [5.41, 5.74) is 4.37. The van der Waals surface area contributed by atoms with Crippen molar-refractivity contribution in [2.75, 3.05) is 5.32 Å². The molecule has 0 saturated carbocycles. The van der Waals surface area contributed by atoms with Crippen LogP contribution in [0, 0.1) is 0 Å². The monoisotopic (exact) mass is 270 g/mol. The molecule has 0 fully saturated rings. The highest BCUT2D eigenvalue weighted by Crippen LogP contribution is 2.28. The summed E-state index contributed by atoms with van der Waals surface area (Å²) in [6.45, 7) is 0. The summed E-state index contributed by atoms with van der Waals surface area (Å²) in [5.74, 6) is 0. The second kappa shape index (κ2) is 4.91. The fourth-order valence-corrected chi connectivity index (χ4v) is 2.69. The van der Waals surface area contributed by atoms with Crippen LogP contribution in [0.3, 0.4) is 0 Å². The van der Waals surface area contributed by atoms with Crippen LogP contribution in [0.1, 0.15) is 11.1 Å². The number of rotatable bonds is 1. The van der Waals surface area contributed by atoms with E-state index >= 15 is 0 Å². The van der Waals surface area contributed by atoms with Crippen LogP contribution in [0.5, 0.6) is 0 Å². The normalized spacial score (nSPS) is 13.2. The summed E-state index contributed by atoms with van der Waals surface area (Å²) in [7, 11) is 0. The van der Waals surface area contributed by atoms with E-state index in [1.165, 1.54) is 16.3 Å². The van der Waals surface area contributed by atoms with Crippen molar-refractivity contribution >= 4 is 28.4 Å². The van der Waals surface area contributed by atoms with Crippen LogP contribution in [0.4, 0.5) is 5.69 Å². The van der Waals surface area contributed by atoms with Gasteiger partial charge in [-0.1, -0.05) is 60.7 Å². The molecular weight excluding hydrogens is 256 g/mol. The van der Waals surface area contributed by atoms with E-state index in [4.69, 9.17) is 0 Å². The minimum atomic E-state index is 1.02. The zero-order chi connectivity index (χ0) is 14.1. The summed E-state index contributed by atoms with van der Waals surface area (Å²) in [5, 5.41) is 5.97. The van der Waals surface area contributed by atoms with Crippen molar-refractivity contribution in [3.63, 3.8) is 0 Å². The van der Waals surface area contributed by atoms with Crippen LogP contribution in [0.15, 0.2) is 77.9 Å². The Morgan fingerprint density at radius 3 is 2.57 bits per heavy atom. The Hall–Kier alpha value is -2.87. The van der Waals surface area contributed by atoms with Crippen molar-refractivity contribution in [1.82, 2.24) is 0 Å². The minimum Gasteiger partial charge on any atom is -0.353 e. The van der Waals surface area contributed by atoms with Crippen LogP contribution < -0.4 is 5.32 Å². The number of aliphatic imine (C=N–C) groups is 1. The lowest BCUT2D eigenvalue weighted by atomic mass is 10.0. The minimum absolute atomic E-state index is 1.02. The standard InChI is InChI=1S/C19H14N2/c1-3-9-16-14(6-1)8-5-10-17(16)19-13-20-12-15-7-2-4-11-18(15)21-19/h1-13,21H. The second-order valence-electron chi connectivity index (χ2n) is 5.06. The molecule has 0 aliphatic carbocycles. The molecule has 0 atom stereocenters. The van der Waals surface area contributed by atoms with Gasteiger partial charge in [-0.15, -0.1) is 0 Å². The highest BCUT2D eigenvalue weighted by molar-refractivity contribution is 6.00. The topological polar surface area (TPSA) is 24.4 Å². The van der Waals surface area contributed by atoms with Crippen molar-refractivity contribution in [3.8, 4) is 0 Å². The van der Waals surface area contributed by atoms with E-state index in [0.717, 1.165) is 16.9 Å². The van der Waals surface area contributed by atoms with Crippen molar-refractivity contribution in [3.05, 3.63) is 84.1 Å². The molecule has 1 heterocycles. The number of fused-ring (bicyclic) bond motifs is 2. The average molecular weight is 270 g/mol. The van der Waals surface area contributed by atoms with E-state index in [-0.39, 0.29) is 0 Å². The highest BCUT2D eigenvalue weighted by atomic mass is 14.9. The highest BCUT2D eigenvalue weighted by Gasteiger charge is 2.10. The third kappa shape index (κ3) is 2.11. The maximum Gasteiger partial charge on any atom is 0.0650 e. The predicted molar refractivity (Wildman–Crippen MR) is 89.6 cm³/mol. The Morgan fingerprint density at radius 1 is 0.762 bits per heavy atom. The fraction of sp³-hybridized carbons (Fsp3) is 0. The van der Waals surface area contributed by atoms with E-state index < -0.39 is 0 Å². The van der Waals surface area contributed by atoms with Gasteiger partial charge in [-0.25, -0.2) is 0 Å². The first-order chi connectivity index (χ1) is 10.4. The van der Waals surface area contributed by atoms with Crippen LogP contribution in [-0.4, -0.2) is 6.21 Å². The smallest absolute Gasteiger partial charge is 0.0650 e. The lowest BCUT2D eigenvalue weighted by Gasteiger charge is -2.13. The second-order valence-corrected chi connectivity index (χ2v) is 5.06. The van der Waals surface area contributed by atoms with Crippen molar-refractivity contribution in [2.24, 2.45) is 4.99 Å². The molecule has 0 spiro atoms. The maximum absolute atomic E-state index is 4.43. The zero-order valence-corrected chi connectivity index (χ0v) is 11.5. The summed E-state index contributed by atoms with van der Waals surface area (Å²) < 4.78 is 0. The SMILES string of the molecule is C1=NC=C(c2cccc3ccccc23)Nc2ccccc21. The first-order valence-electron chi connectivity index (χ1n) is 6.99. The molecule has 100 valence electrons. The summed E-state index contributed by atoms with van der Waals surface area (Å²) in [4.78, 5) is 4.43. The van der Waals surface area contributed by atoms with E-state index in [0.29, 0.717) is 0 Å². The molecule has 1 aliphatic heterocycles. The third-order valence-electron chi connectivity index (χ3n) is 3.73. The Kier molecular flexibility index (Phi) is 2.79. The molecule has 2 nitrogen and oxygen atoms in total. The van der Waals surface area contributed by atoms with Crippen LogP contribution in [0.25, 0.3) is 16.5 Å². The quantitative estimate of drug-likeness (QED) is 0.682. The molecule has 0 aromatic heterocycles. The number of hydrogen-bond donors (Lipinski definition) is 1. The fourth-order valence-electron chi connectivity index (χ4n) is 2.69. The van der Waals surface area contributed by atoms with E-state index in [1.54, 1.807) is 0 Å². The van der Waals surface area contributed by atoms with Crippen molar-refractivity contribution in [2.45, 2.75) is 0 Å². The molecule has 3 aromatic carbocycles. The third-order valence-corrected chi connectivity index (χ3v) is 3.73. The molecule has 1 aliphatic rings. The number of para-hydroxylation sites is 1. The lowest BCUT2D eigenvalue weighted by Crippen LogP contribution is -2.00. The van der Waals surface area contributed by atoms with Gasteiger partial charge in [0.25, 0.3) is 0 Å². The summed E-state index contributed by atoms with van der Waals surface area (Å²) >= 11 is 0. The van der Waals surface area contributed by atoms with Gasteiger partial charge >= 0.3 is 0 Å². The first-order valence-corrected chi connectivity index (χ1v) is 6.99. The number of hydrogen-bond acceptors (Lipinski definition) is 2. The Labute approximate surface area is 123 Å². The largest absolute Gasteiger partial charge is 0.353 e. The number of nitrogens with one attached hydrogen (secondary N) is 1. The molecule has 3 aromatic rings. The molecule has 0 bridgehead atoms. The van der Waals surface area contributed by atoms with Gasteiger partial charge in [-0.2, -0.15) is 0 Å². The van der Waals surface area contributed by atoms with Gasteiger partial charge in [-0.05, 0) is 16.8 Å². The van der Waals surface area contributed by atoms with Gasteiger partial charge < -0.3 is 5.32 Å². The maximum atomic E-state index is 4.43. The van der Waals surface area contributed by atoms with E-state index in [2.05, 4.69) is 64.9 Å². The molecular formula is C19H14N2. The molecule has 0 radical (unpaired) electrons. The molecule has 4 rings (SSSR count). The van der Waals surface area contributed by atoms with Crippen LogP contribution >= 0.6 is 0 Å². The van der Waals surface area contributed by atoms with Gasteiger partial charge in [-0.3, -0.25) is 4.99 Å². The molecule has 2 heteroatoms. The Bertz CT molecular complexity index is 870. The van der Waals surface area contributed by atoms with Gasteiger partial charge in [0.15, 0.2) is 0 Å². The molecule has 0 saturated heterocycles. The number of nitrogens with zero attached hydrogens (tertiary/aromatic N) is 1. The molecule has 0 unspecified atom stereocenters. The number of anilines is 1. The zero-order valence-electron chi connectivity index (χ0n) is 11.5. The number of benzene rings is 3. The van der Waals surface area contributed by atoms with Gasteiger partial charge in [0.2, 0.25) is 0 Å². The summed E-state index contributed by atoms with van der Waals surface area (Å²) in [6.07, 6.45) is 3.78. The lowest BCUT2D eigenvalue weighted by molar-refractivity contribution is 1.53. The molecule has 0 amide bonds. The van der Waals surface area contributed by atoms with E-state index in [9.17, 15) is 0 Å². The molecule has 21 heavy (non-hydrogen) atoms. The Balaban J connectivity index is 1.87. The van der Waals surface area contributed by atoms with Crippen LogP contribution in [0.2, 0.25) is 0 Å². The first kappa shape index (κ1) is 11.9. The molecule has 1 N–H and O–H groups in total. The van der Waals surface area contributed by atoms with Gasteiger partial charge in [0.1, 0.15) is 0 Å². The predicted octanol–water partition coefficient (Wildman–Crippen LogP) is 4.68. The Morgan fingerprint density at radius 2 is 1.57 bits per heavy atom. The van der Waals surface area contributed by atoms with Gasteiger partial charge in [0, 0.05) is 23.0 Å². The van der Waals surface area contributed by atoms with Crippen LogP contribution in [-0.2, 0) is 0 Å². The average Bonchev–Trinajstić information content (AvgIpc) is 2.76. The van der Waals surface area contributed by atoms with E-state index in [1.807, 2.05) is 24.5 Å². The van der Waals surface area contributed by atoms with Gasteiger partial charge in [0.05, 0.1) is 11.9 Å². The van der Waals surface area contributed by atoms with Crippen molar-refractivity contribution in [1.29, 1.82) is 0 Å². The van der Waals surface area contributed by atoms with Crippen molar-refractivity contribution < 1.29 is 0 Å².